The van der Waals surface area contributed by atoms with Gasteiger partial charge in [-0.2, -0.15) is 4.98 Å². The van der Waals surface area contributed by atoms with Gasteiger partial charge in [0.2, 0.25) is 5.82 Å². The van der Waals surface area contributed by atoms with Gasteiger partial charge in [0.05, 0.1) is 7.11 Å². The van der Waals surface area contributed by atoms with E-state index in [4.69, 9.17) is 14.0 Å². The van der Waals surface area contributed by atoms with E-state index in [9.17, 15) is 0 Å². The fourth-order valence-corrected chi connectivity index (χ4v) is 2.91. The first-order valence-electron chi connectivity index (χ1n) is 8.98. The Morgan fingerprint density at radius 3 is 2.43 bits per heavy atom. The zero-order valence-electron chi connectivity index (χ0n) is 15.8. The van der Waals surface area contributed by atoms with Crippen molar-refractivity contribution in [3.63, 3.8) is 0 Å². The third kappa shape index (κ3) is 4.04. The van der Waals surface area contributed by atoms with Gasteiger partial charge in [-0.1, -0.05) is 53.2 Å². The van der Waals surface area contributed by atoms with Crippen LogP contribution >= 0.6 is 0 Å². The molecule has 0 amide bonds. The molecule has 0 bridgehead atoms. The van der Waals surface area contributed by atoms with Crippen LogP contribution in [0.25, 0.3) is 22.8 Å². The number of hydrogen-bond donors (Lipinski definition) is 0. The van der Waals surface area contributed by atoms with Crippen LogP contribution in [0.15, 0.2) is 77.3 Å². The molecule has 1 heterocycles. The number of hydrogen-bond acceptors (Lipinski definition) is 5. The summed E-state index contributed by atoms with van der Waals surface area (Å²) in [7, 11) is 1.63. The maximum absolute atomic E-state index is 5.93. The van der Waals surface area contributed by atoms with Gasteiger partial charge < -0.3 is 14.0 Å². The standard InChI is InChI=1S/C23H20N2O3/c1-16-6-3-7-17(12-16)15-27-21-11-4-8-18(13-21)22-24-23(28-25-22)19-9-5-10-20(14-19)26-2/h3-14H,15H2,1-2H3. The molecule has 0 fully saturated rings. The fraction of sp³-hybridized carbons (Fsp3) is 0.130. The van der Waals surface area contributed by atoms with Gasteiger partial charge in [0.25, 0.3) is 5.89 Å². The zero-order valence-corrected chi connectivity index (χ0v) is 15.8. The topological polar surface area (TPSA) is 57.4 Å². The second-order valence-electron chi connectivity index (χ2n) is 6.46. The first kappa shape index (κ1) is 17.8. The van der Waals surface area contributed by atoms with E-state index in [1.807, 2.05) is 54.6 Å². The summed E-state index contributed by atoms with van der Waals surface area (Å²) in [6.07, 6.45) is 0. The third-order valence-corrected chi connectivity index (χ3v) is 4.32. The SMILES string of the molecule is COc1cccc(-c2nc(-c3cccc(OCc4cccc(C)c4)c3)no2)c1. The Bertz CT molecular complexity index is 1090. The fourth-order valence-electron chi connectivity index (χ4n) is 2.91. The van der Waals surface area contributed by atoms with Crippen molar-refractivity contribution >= 4 is 0 Å². The summed E-state index contributed by atoms with van der Waals surface area (Å²) in [5.74, 6) is 2.45. The maximum atomic E-state index is 5.93. The molecule has 0 aliphatic rings. The quantitative estimate of drug-likeness (QED) is 0.460. The summed E-state index contributed by atoms with van der Waals surface area (Å²) >= 11 is 0. The Labute approximate surface area is 163 Å². The van der Waals surface area contributed by atoms with Crippen LogP contribution in [0.2, 0.25) is 0 Å². The molecule has 0 aliphatic carbocycles. The maximum Gasteiger partial charge on any atom is 0.258 e. The number of ether oxygens (including phenoxy) is 2. The lowest BCUT2D eigenvalue weighted by Crippen LogP contribution is -1.96. The smallest absolute Gasteiger partial charge is 0.258 e. The van der Waals surface area contributed by atoms with Gasteiger partial charge in [0.1, 0.15) is 18.1 Å². The minimum Gasteiger partial charge on any atom is -0.497 e. The average Bonchev–Trinajstić information content (AvgIpc) is 3.23. The number of methoxy groups -OCH3 is 1. The van der Waals surface area contributed by atoms with Crippen LogP contribution in [0, 0.1) is 6.92 Å². The van der Waals surface area contributed by atoms with Crippen LogP contribution < -0.4 is 9.47 Å². The molecule has 3 aromatic carbocycles. The Kier molecular flexibility index (Phi) is 5.06. The molecule has 0 unspecified atom stereocenters. The summed E-state index contributed by atoms with van der Waals surface area (Å²) in [6.45, 7) is 2.58. The lowest BCUT2D eigenvalue weighted by atomic mass is 10.1. The summed E-state index contributed by atoms with van der Waals surface area (Å²) < 4.78 is 16.6. The summed E-state index contributed by atoms with van der Waals surface area (Å²) in [6, 6.07) is 23.5. The van der Waals surface area contributed by atoms with Gasteiger partial charge in [-0.25, -0.2) is 0 Å². The molecule has 4 aromatic rings. The highest BCUT2D eigenvalue weighted by molar-refractivity contribution is 5.62. The molecule has 0 saturated carbocycles. The van der Waals surface area contributed by atoms with Crippen molar-refractivity contribution in [1.29, 1.82) is 0 Å². The lowest BCUT2D eigenvalue weighted by molar-refractivity contribution is 0.306. The molecule has 0 spiro atoms. The molecular formula is C23H20N2O3. The zero-order chi connectivity index (χ0) is 19.3. The van der Waals surface area contributed by atoms with Crippen molar-refractivity contribution in [3.05, 3.63) is 83.9 Å². The Morgan fingerprint density at radius 2 is 1.61 bits per heavy atom. The number of rotatable bonds is 6. The molecule has 5 heteroatoms. The van der Waals surface area contributed by atoms with E-state index in [0.717, 1.165) is 28.2 Å². The first-order valence-corrected chi connectivity index (χ1v) is 8.98. The van der Waals surface area contributed by atoms with Gasteiger partial charge in [-0.05, 0) is 42.8 Å². The molecule has 0 radical (unpaired) electrons. The summed E-state index contributed by atoms with van der Waals surface area (Å²) in [5, 5.41) is 4.11. The first-order chi connectivity index (χ1) is 13.7. The predicted octanol–water partition coefficient (Wildman–Crippen LogP) is 5.30. The molecule has 4 rings (SSSR count). The van der Waals surface area contributed by atoms with Crippen molar-refractivity contribution in [2.45, 2.75) is 13.5 Å². The second-order valence-corrected chi connectivity index (χ2v) is 6.46. The molecule has 1 aromatic heterocycles. The highest BCUT2D eigenvalue weighted by Gasteiger charge is 2.12. The molecule has 28 heavy (non-hydrogen) atoms. The largest absolute Gasteiger partial charge is 0.497 e. The van der Waals surface area contributed by atoms with Crippen molar-refractivity contribution in [2.24, 2.45) is 0 Å². The van der Waals surface area contributed by atoms with E-state index >= 15 is 0 Å². The van der Waals surface area contributed by atoms with Gasteiger partial charge in [-0.3, -0.25) is 0 Å². The summed E-state index contributed by atoms with van der Waals surface area (Å²) in [4.78, 5) is 4.51. The van der Waals surface area contributed by atoms with E-state index in [1.165, 1.54) is 5.56 Å². The monoisotopic (exact) mass is 372 g/mol. The number of nitrogens with zero attached hydrogens (tertiary/aromatic N) is 2. The average molecular weight is 372 g/mol. The van der Waals surface area contributed by atoms with Crippen molar-refractivity contribution < 1.29 is 14.0 Å². The van der Waals surface area contributed by atoms with Crippen molar-refractivity contribution in [2.75, 3.05) is 7.11 Å². The van der Waals surface area contributed by atoms with E-state index < -0.39 is 0 Å². The van der Waals surface area contributed by atoms with Gasteiger partial charge in [-0.15, -0.1) is 0 Å². The third-order valence-electron chi connectivity index (χ3n) is 4.32. The van der Waals surface area contributed by atoms with E-state index in [2.05, 4.69) is 35.3 Å². The number of aromatic nitrogens is 2. The predicted molar refractivity (Wildman–Crippen MR) is 107 cm³/mol. The minimum atomic E-state index is 0.444. The highest BCUT2D eigenvalue weighted by atomic mass is 16.5. The van der Waals surface area contributed by atoms with Gasteiger partial charge in [0, 0.05) is 11.1 Å². The van der Waals surface area contributed by atoms with E-state index in [0.29, 0.717) is 18.3 Å². The summed E-state index contributed by atoms with van der Waals surface area (Å²) in [5.41, 5.74) is 3.99. The van der Waals surface area contributed by atoms with Crippen LogP contribution in [-0.4, -0.2) is 17.3 Å². The Balaban J connectivity index is 1.52. The van der Waals surface area contributed by atoms with Crippen LogP contribution in [0.1, 0.15) is 11.1 Å². The van der Waals surface area contributed by atoms with Crippen LogP contribution in [0.3, 0.4) is 0 Å². The Morgan fingerprint density at radius 1 is 0.857 bits per heavy atom. The Hall–Kier alpha value is -3.60. The molecule has 0 N–H and O–H groups in total. The number of aryl methyl sites for hydroxylation is 1. The molecule has 5 nitrogen and oxygen atoms in total. The van der Waals surface area contributed by atoms with Gasteiger partial charge in [0.15, 0.2) is 0 Å². The van der Waals surface area contributed by atoms with Crippen molar-refractivity contribution in [3.8, 4) is 34.3 Å². The van der Waals surface area contributed by atoms with E-state index in [-0.39, 0.29) is 0 Å². The van der Waals surface area contributed by atoms with Crippen LogP contribution in [-0.2, 0) is 6.61 Å². The molecular weight excluding hydrogens is 352 g/mol. The van der Waals surface area contributed by atoms with Crippen molar-refractivity contribution in [1.82, 2.24) is 10.1 Å². The molecule has 0 aliphatic heterocycles. The lowest BCUT2D eigenvalue weighted by Gasteiger charge is -2.07. The molecule has 140 valence electrons. The van der Waals surface area contributed by atoms with Crippen LogP contribution in [0.5, 0.6) is 11.5 Å². The molecule has 0 saturated heterocycles. The highest BCUT2D eigenvalue weighted by Crippen LogP contribution is 2.27. The van der Waals surface area contributed by atoms with E-state index in [1.54, 1.807) is 7.11 Å². The normalized spacial score (nSPS) is 10.6. The van der Waals surface area contributed by atoms with Crippen LogP contribution in [0.4, 0.5) is 0 Å². The number of benzene rings is 3. The second kappa shape index (κ2) is 7.96. The van der Waals surface area contributed by atoms with Gasteiger partial charge >= 0.3 is 0 Å². The molecule has 0 atom stereocenters. The minimum absolute atomic E-state index is 0.444.